The van der Waals surface area contributed by atoms with Crippen molar-refractivity contribution in [3.63, 3.8) is 0 Å². The molecule has 0 spiro atoms. The Balaban J connectivity index is 2.44. The number of methoxy groups -OCH3 is 1. The number of hydrogen-bond acceptors (Lipinski definition) is 5. The minimum atomic E-state index is 0.448. The van der Waals surface area contributed by atoms with Crippen molar-refractivity contribution in [1.29, 1.82) is 0 Å². The van der Waals surface area contributed by atoms with Gasteiger partial charge in [-0.3, -0.25) is 0 Å². The Morgan fingerprint density at radius 1 is 1.39 bits per heavy atom. The topological polar surface area (TPSA) is 61.0 Å². The molecule has 0 aliphatic rings. The van der Waals surface area contributed by atoms with E-state index in [4.69, 9.17) is 10.5 Å². The standard InChI is InChI=1S/C12H14IN3OS/c1-3-7-4-5-9(18-7)12-15-8(6-17-2)10(13)11(14)16-12/h4-5H,3,6H2,1-2H3,(H2,14,15,16). The second kappa shape index (κ2) is 5.94. The molecule has 2 N–H and O–H groups in total. The average Bonchev–Trinajstić information content (AvgIpc) is 2.83. The number of aromatic nitrogens is 2. The van der Waals surface area contributed by atoms with E-state index in [1.807, 2.05) is 6.07 Å². The zero-order valence-corrected chi connectivity index (χ0v) is 13.2. The van der Waals surface area contributed by atoms with Gasteiger partial charge in [0.2, 0.25) is 0 Å². The van der Waals surface area contributed by atoms with E-state index in [2.05, 4.69) is 45.5 Å². The van der Waals surface area contributed by atoms with Gasteiger partial charge in [0.05, 0.1) is 20.7 Å². The maximum atomic E-state index is 5.92. The van der Waals surface area contributed by atoms with E-state index in [0.717, 1.165) is 20.6 Å². The predicted molar refractivity (Wildman–Crippen MR) is 82.6 cm³/mol. The van der Waals surface area contributed by atoms with E-state index in [0.29, 0.717) is 18.2 Å². The number of nitrogen functional groups attached to an aromatic ring is 1. The number of ether oxygens (including phenoxy) is 1. The van der Waals surface area contributed by atoms with E-state index in [9.17, 15) is 0 Å². The van der Waals surface area contributed by atoms with E-state index in [1.54, 1.807) is 18.4 Å². The van der Waals surface area contributed by atoms with Crippen molar-refractivity contribution in [3.8, 4) is 10.7 Å². The highest BCUT2D eigenvalue weighted by molar-refractivity contribution is 14.1. The predicted octanol–water partition coefficient (Wildman–Crippen LogP) is 3.10. The third-order valence-corrected chi connectivity index (χ3v) is 4.86. The van der Waals surface area contributed by atoms with Crippen molar-refractivity contribution in [2.45, 2.75) is 20.0 Å². The summed E-state index contributed by atoms with van der Waals surface area (Å²) in [5, 5.41) is 0. The Morgan fingerprint density at radius 2 is 2.17 bits per heavy atom. The Morgan fingerprint density at radius 3 is 2.78 bits per heavy atom. The van der Waals surface area contributed by atoms with Crippen molar-refractivity contribution in [1.82, 2.24) is 9.97 Å². The van der Waals surface area contributed by atoms with E-state index in [1.165, 1.54) is 4.88 Å². The van der Waals surface area contributed by atoms with Gasteiger partial charge in [0.1, 0.15) is 5.82 Å². The molecular weight excluding hydrogens is 361 g/mol. The summed E-state index contributed by atoms with van der Waals surface area (Å²) in [4.78, 5) is 11.2. The first-order valence-corrected chi connectivity index (χ1v) is 7.45. The molecular formula is C12H14IN3OS. The van der Waals surface area contributed by atoms with Crippen LogP contribution in [0.3, 0.4) is 0 Å². The lowest BCUT2D eigenvalue weighted by Crippen LogP contribution is -2.05. The van der Waals surface area contributed by atoms with Crippen LogP contribution < -0.4 is 5.73 Å². The molecule has 0 fully saturated rings. The molecule has 2 rings (SSSR count). The molecule has 2 aromatic rings. The lowest BCUT2D eigenvalue weighted by Gasteiger charge is -2.07. The van der Waals surface area contributed by atoms with Crippen LogP contribution in [0.5, 0.6) is 0 Å². The first-order valence-electron chi connectivity index (χ1n) is 5.55. The zero-order valence-electron chi connectivity index (χ0n) is 10.2. The first kappa shape index (κ1) is 13.7. The number of hydrogen-bond donors (Lipinski definition) is 1. The van der Waals surface area contributed by atoms with Crippen LogP contribution >= 0.6 is 33.9 Å². The summed E-state index contributed by atoms with van der Waals surface area (Å²) in [6.07, 6.45) is 1.02. The molecule has 0 aliphatic carbocycles. The number of rotatable bonds is 4. The van der Waals surface area contributed by atoms with Crippen LogP contribution in [0, 0.1) is 3.57 Å². The molecule has 0 atom stereocenters. The largest absolute Gasteiger partial charge is 0.383 e. The Labute approximate surface area is 124 Å². The quantitative estimate of drug-likeness (QED) is 0.835. The van der Waals surface area contributed by atoms with Crippen molar-refractivity contribution in [3.05, 3.63) is 26.3 Å². The summed E-state index contributed by atoms with van der Waals surface area (Å²) in [6, 6.07) is 4.15. The van der Waals surface area contributed by atoms with E-state index in [-0.39, 0.29) is 0 Å². The fraction of sp³-hybridized carbons (Fsp3) is 0.333. The third kappa shape index (κ3) is 2.81. The van der Waals surface area contributed by atoms with Crippen molar-refractivity contribution in [2.24, 2.45) is 0 Å². The molecule has 0 radical (unpaired) electrons. The van der Waals surface area contributed by atoms with Gasteiger partial charge in [-0.1, -0.05) is 6.92 Å². The molecule has 4 nitrogen and oxygen atoms in total. The van der Waals surface area contributed by atoms with Crippen LogP contribution in [0.15, 0.2) is 12.1 Å². The molecule has 0 aliphatic heterocycles. The van der Waals surface area contributed by atoms with Crippen molar-refractivity contribution in [2.75, 3.05) is 12.8 Å². The molecule has 18 heavy (non-hydrogen) atoms. The Kier molecular flexibility index (Phi) is 4.52. The average molecular weight is 375 g/mol. The highest BCUT2D eigenvalue weighted by Crippen LogP contribution is 2.28. The SMILES string of the molecule is CCc1ccc(-c2nc(N)c(I)c(COC)n2)s1. The summed E-state index contributed by atoms with van der Waals surface area (Å²) in [5.41, 5.74) is 6.76. The van der Waals surface area contributed by atoms with Crippen LogP contribution in [0.1, 0.15) is 17.5 Å². The maximum Gasteiger partial charge on any atom is 0.172 e. The first-order chi connectivity index (χ1) is 8.65. The Bertz CT molecular complexity index is 556. The molecule has 0 unspecified atom stereocenters. The third-order valence-electron chi connectivity index (χ3n) is 2.46. The van der Waals surface area contributed by atoms with Crippen LogP contribution in [0.4, 0.5) is 5.82 Å². The van der Waals surface area contributed by atoms with E-state index < -0.39 is 0 Å². The molecule has 2 aromatic heterocycles. The van der Waals surface area contributed by atoms with Crippen LogP contribution in [-0.4, -0.2) is 17.1 Å². The molecule has 0 saturated carbocycles. The minimum Gasteiger partial charge on any atom is -0.383 e. The normalized spacial score (nSPS) is 10.8. The molecule has 0 amide bonds. The highest BCUT2D eigenvalue weighted by atomic mass is 127. The van der Waals surface area contributed by atoms with Gasteiger partial charge in [0, 0.05) is 12.0 Å². The van der Waals surface area contributed by atoms with Gasteiger partial charge in [0.15, 0.2) is 5.82 Å². The molecule has 0 saturated heterocycles. The van der Waals surface area contributed by atoms with Gasteiger partial charge in [-0.15, -0.1) is 11.3 Å². The van der Waals surface area contributed by atoms with Gasteiger partial charge in [0.25, 0.3) is 0 Å². The smallest absolute Gasteiger partial charge is 0.172 e. The number of nitrogens with two attached hydrogens (primary N) is 1. The summed E-state index contributed by atoms with van der Waals surface area (Å²) < 4.78 is 6.00. The number of thiophene rings is 1. The lowest BCUT2D eigenvalue weighted by atomic mass is 10.3. The summed E-state index contributed by atoms with van der Waals surface area (Å²) in [5.74, 6) is 1.20. The van der Waals surface area contributed by atoms with Crippen molar-refractivity contribution < 1.29 is 4.74 Å². The maximum absolute atomic E-state index is 5.92. The molecule has 0 bridgehead atoms. The molecule has 2 heterocycles. The second-order valence-electron chi connectivity index (χ2n) is 3.75. The number of nitrogens with zero attached hydrogens (tertiary/aromatic N) is 2. The number of anilines is 1. The molecule has 0 aromatic carbocycles. The van der Waals surface area contributed by atoms with Gasteiger partial charge in [-0.05, 0) is 41.1 Å². The second-order valence-corrected chi connectivity index (χ2v) is 5.99. The monoisotopic (exact) mass is 375 g/mol. The fourth-order valence-corrected chi connectivity index (χ4v) is 2.82. The highest BCUT2D eigenvalue weighted by Gasteiger charge is 2.12. The number of aryl methyl sites for hydroxylation is 1. The lowest BCUT2D eigenvalue weighted by molar-refractivity contribution is 0.181. The van der Waals surface area contributed by atoms with Crippen LogP contribution in [0.25, 0.3) is 10.7 Å². The van der Waals surface area contributed by atoms with Gasteiger partial charge in [-0.25, -0.2) is 9.97 Å². The van der Waals surface area contributed by atoms with Gasteiger partial charge >= 0.3 is 0 Å². The summed E-state index contributed by atoms with van der Waals surface area (Å²) in [6.45, 7) is 2.58. The molecule has 6 heteroatoms. The van der Waals surface area contributed by atoms with Crippen LogP contribution in [0.2, 0.25) is 0 Å². The summed E-state index contributed by atoms with van der Waals surface area (Å²) >= 11 is 3.85. The number of halogens is 1. The zero-order chi connectivity index (χ0) is 13.1. The minimum absolute atomic E-state index is 0.448. The van der Waals surface area contributed by atoms with Crippen LogP contribution in [-0.2, 0) is 17.8 Å². The summed E-state index contributed by atoms with van der Waals surface area (Å²) in [7, 11) is 1.65. The Hall–Kier alpha value is -0.730. The van der Waals surface area contributed by atoms with Crippen molar-refractivity contribution >= 4 is 39.7 Å². The van der Waals surface area contributed by atoms with Gasteiger partial charge in [-0.2, -0.15) is 0 Å². The molecule has 96 valence electrons. The fourth-order valence-electron chi connectivity index (χ4n) is 1.54. The van der Waals surface area contributed by atoms with E-state index >= 15 is 0 Å². The van der Waals surface area contributed by atoms with Gasteiger partial charge < -0.3 is 10.5 Å².